The molecule has 3 N–H and O–H groups in total. The zero-order valence-electron chi connectivity index (χ0n) is 14.1. The molecule has 0 fully saturated rings. The summed E-state index contributed by atoms with van der Waals surface area (Å²) in [5.41, 5.74) is 4.33. The number of hydrogen-bond donors (Lipinski definition) is 3. The molecule has 0 aliphatic heterocycles. The van der Waals surface area contributed by atoms with Gasteiger partial charge >= 0.3 is 0 Å². The fraction of sp³-hybridized carbons (Fsp3) is 0.118. The number of amides is 3. The topological polar surface area (TPSA) is 130 Å². The smallest absolute Gasteiger partial charge is 0.271 e. The van der Waals surface area contributed by atoms with E-state index in [9.17, 15) is 24.5 Å². The van der Waals surface area contributed by atoms with E-state index < -0.39 is 28.7 Å². The Hall–Kier alpha value is -3.46. The minimum Gasteiger partial charge on any atom is -0.340 e. The molecule has 0 unspecified atom stereocenters. The number of non-ortho nitro benzene ring substituents is 1. The Balaban J connectivity index is 1.92. The van der Waals surface area contributed by atoms with E-state index in [1.165, 1.54) is 37.3 Å². The lowest BCUT2D eigenvalue weighted by molar-refractivity contribution is -0.384. The highest BCUT2D eigenvalue weighted by Gasteiger charge is 2.19. The molecule has 0 spiro atoms. The van der Waals surface area contributed by atoms with Crippen LogP contribution in [0.5, 0.6) is 0 Å². The molecule has 0 aromatic heterocycles. The molecular formula is C17H15ClN4O5. The minimum absolute atomic E-state index is 0.0314. The summed E-state index contributed by atoms with van der Waals surface area (Å²) in [4.78, 5) is 46.2. The van der Waals surface area contributed by atoms with E-state index in [-0.39, 0.29) is 21.8 Å². The highest BCUT2D eigenvalue weighted by molar-refractivity contribution is 6.33. The van der Waals surface area contributed by atoms with Gasteiger partial charge in [-0.15, -0.1) is 0 Å². The van der Waals surface area contributed by atoms with Crippen molar-refractivity contribution in [2.75, 3.05) is 0 Å². The normalized spacial score (nSPS) is 11.2. The molecule has 2 aromatic carbocycles. The average molecular weight is 391 g/mol. The SMILES string of the molecule is C[C@H](NC(=O)c1cccc([N+](=O)[O-])c1)C(=O)NNC(=O)c1ccccc1Cl. The number of hydrogen-bond acceptors (Lipinski definition) is 5. The molecule has 9 nitrogen and oxygen atoms in total. The molecule has 140 valence electrons. The maximum Gasteiger partial charge on any atom is 0.271 e. The lowest BCUT2D eigenvalue weighted by Crippen LogP contribution is -2.51. The lowest BCUT2D eigenvalue weighted by Gasteiger charge is -2.15. The van der Waals surface area contributed by atoms with Gasteiger partial charge < -0.3 is 5.32 Å². The largest absolute Gasteiger partial charge is 0.340 e. The van der Waals surface area contributed by atoms with Crippen LogP contribution in [0.4, 0.5) is 5.69 Å². The number of carbonyl (C=O) groups is 3. The van der Waals surface area contributed by atoms with Gasteiger partial charge in [-0.25, -0.2) is 0 Å². The maximum absolute atomic E-state index is 12.1. The van der Waals surface area contributed by atoms with Gasteiger partial charge in [0.1, 0.15) is 6.04 Å². The molecule has 3 amide bonds. The number of nitro groups is 1. The monoisotopic (exact) mass is 390 g/mol. The quantitative estimate of drug-likeness (QED) is 0.529. The van der Waals surface area contributed by atoms with Gasteiger partial charge in [0.2, 0.25) is 0 Å². The number of carbonyl (C=O) groups excluding carboxylic acids is 3. The zero-order valence-corrected chi connectivity index (χ0v) is 14.8. The summed E-state index contributed by atoms with van der Waals surface area (Å²) in [6.07, 6.45) is 0. The van der Waals surface area contributed by atoms with E-state index in [0.717, 1.165) is 6.07 Å². The third-order valence-electron chi connectivity index (χ3n) is 3.48. The molecule has 27 heavy (non-hydrogen) atoms. The second kappa shape index (κ2) is 8.77. The number of halogens is 1. The summed E-state index contributed by atoms with van der Waals surface area (Å²) in [6.45, 7) is 1.40. The summed E-state index contributed by atoms with van der Waals surface area (Å²) in [5, 5.41) is 13.4. The van der Waals surface area contributed by atoms with E-state index >= 15 is 0 Å². The van der Waals surface area contributed by atoms with Crippen molar-refractivity contribution in [3.8, 4) is 0 Å². The molecule has 0 radical (unpaired) electrons. The molecule has 0 heterocycles. The predicted octanol–water partition coefficient (Wildman–Crippen LogP) is 1.83. The lowest BCUT2D eigenvalue weighted by atomic mass is 10.1. The van der Waals surface area contributed by atoms with Crippen LogP contribution < -0.4 is 16.2 Å². The highest BCUT2D eigenvalue weighted by Crippen LogP contribution is 2.14. The van der Waals surface area contributed by atoms with Gasteiger partial charge in [0, 0.05) is 17.7 Å². The molecule has 0 saturated heterocycles. The van der Waals surface area contributed by atoms with E-state index in [4.69, 9.17) is 11.6 Å². The number of benzene rings is 2. The number of rotatable bonds is 5. The third kappa shape index (κ3) is 5.25. The first-order valence-corrected chi connectivity index (χ1v) is 8.07. The maximum atomic E-state index is 12.1. The van der Waals surface area contributed by atoms with Crippen LogP contribution in [-0.4, -0.2) is 28.7 Å². The van der Waals surface area contributed by atoms with Gasteiger partial charge in [0.15, 0.2) is 0 Å². The standard InChI is InChI=1S/C17H15ClN4O5/c1-10(19-16(24)11-5-4-6-12(9-11)22(26)27)15(23)20-21-17(25)13-7-2-3-8-14(13)18/h2-10H,1H3,(H,19,24)(H,20,23)(H,21,25)/t10-/m0/s1. The van der Waals surface area contributed by atoms with Crippen molar-refractivity contribution in [1.29, 1.82) is 0 Å². The van der Waals surface area contributed by atoms with Crippen molar-refractivity contribution in [3.63, 3.8) is 0 Å². The van der Waals surface area contributed by atoms with Crippen LogP contribution in [0.15, 0.2) is 48.5 Å². The van der Waals surface area contributed by atoms with Crippen LogP contribution >= 0.6 is 11.6 Å². The molecule has 2 rings (SSSR count). The molecule has 0 saturated carbocycles. The Morgan fingerprint density at radius 1 is 1.04 bits per heavy atom. The molecule has 0 aliphatic rings. The third-order valence-corrected chi connectivity index (χ3v) is 3.81. The number of hydrazine groups is 1. The number of nitro benzene ring substituents is 1. The van der Waals surface area contributed by atoms with Crippen molar-refractivity contribution in [2.24, 2.45) is 0 Å². The van der Waals surface area contributed by atoms with Gasteiger partial charge in [-0.3, -0.25) is 35.3 Å². The fourth-order valence-electron chi connectivity index (χ4n) is 2.05. The molecule has 0 bridgehead atoms. The van der Waals surface area contributed by atoms with Crippen LogP contribution in [0.3, 0.4) is 0 Å². The summed E-state index contributed by atoms with van der Waals surface area (Å²) >= 11 is 5.89. The number of nitrogens with zero attached hydrogens (tertiary/aromatic N) is 1. The van der Waals surface area contributed by atoms with Crippen molar-refractivity contribution in [2.45, 2.75) is 13.0 Å². The van der Waals surface area contributed by atoms with Crippen molar-refractivity contribution in [3.05, 3.63) is 74.8 Å². The van der Waals surface area contributed by atoms with Crippen LogP contribution in [-0.2, 0) is 4.79 Å². The Kier molecular flexibility index (Phi) is 6.45. The van der Waals surface area contributed by atoms with E-state index in [1.807, 2.05) is 0 Å². The first-order chi connectivity index (χ1) is 12.8. The van der Waals surface area contributed by atoms with E-state index in [1.54, 1.807) is 12.1 Å². The van der Waals surface area contributed by atoms with Crippen LogP contribution in [0, 0.1) is 10.1 Å². The summed E-state index contributed by atoms with van der Waals surface area (Å²) in [6, 6.07) is 10.4. The Morgan fingerprint density at radius 2 is 1.74 bits per heavy atom. The van der Waals surface area contributed by atoms with Crippen LogP contribution in [0.2, 0.25) is 5.02 Å². The van der Waals surface area contributed by atoms with Gasteiger partial charge in [-0.2, -0.15) is 0 Å². The predicted molar refractivity (Wildman–Crippen MR) is 97.1 cm³/mol. The minimum atomic E-state index is -1.01. The van der Waals surface area contributed by atoms with Crippen LogP contribution in [0.1, 0.15) is 27.6 Å². The molecule has 10 heteroatoms. The average Bonchev–Trinajstić information content (AvgIpc) is 2.66. The summed E-state index contributed by atoms with van der Waals surface area (Å²) in [5.74, 6) is -1.97. The second-order valence-corrected chi connectivity index (χ2v) is 5.83. The van der Waals surface area contributed by atoms with Gasteiger partial charge in [0.25, 0.3) is 23.4 Å². The zero-order chi connectivity index (χ0) is 20.0. The van der Waals surface area contributed by atoms with Gasteiger partial charge in [-0.1, -0.05) is 29.8 Å². The van der Waals surface area contributed by atoms with Crippen molar-refractivity contribution < 1.29 is 19.3 Å². The van der Waals surface area contributed by atoms with Crippen LogP contribution in [0.25, 0.3) is 0 Å². The first-order valence-electron chi connectivity index (χ1n) is 7.69. The molecular weight excluding hydrogens is 376 g/mol. The summed E-state index contributed by atoms with van der Waals surface area (Å²) < 4.78 is 0. The number of nitrogens with one attached hydrogen (secondary N) is 3. The first kappa shape index (κ1) is 19.9. The highest BCUT2D eigenvalue weighted by atomic mass is 35.5. The second-order valence-electron chi connectivity index (χ2n) is 5.43. The Morgan fingerprint density at radius 3 is 2.41 bits per heavy atom. The Labute approximate surface area is 158 Å². The van der Waals surface area contributed by atoms with Crippen molar-refractivity contribution in [1.82, 2.24) is 16.2 Å². The van der Waals surface area contributed by atoms with E-state index in [0.29, 0.717) is 0 Å². The fourth-order valence-corrected chi connectivity index (χ4v) is 2.27. The Bertz CT molecular complexity index is 902. The van der Waals surface area contributed by atoms with E-state index in [2.05, 4.69) is 16.2 Å². The van der Waals surface area contributed by atoms with Gasteiger partial charge in [0.05, 0.1) is 15.5 Å². The van der Waals surface area contributed by atoms with Crippen molar-refractivity contribution >= 4 is 35.0 Å². The molecule has 2 aromatic rings. The van der Waals surface area contributed by atoms with Gasteiger partial charge in [-0.05, 0) is 25.1 Å². The summed E-state index contributed by atoms with van der Waals surface area (Å²) in [7, 11) is 0. The molecule has 1 atom stereocenters. The molecule has 0 aliphatic carbocycles.